The fourth-order valence-corrected chi connectivity index (χ4v) is 2.47. The zero-order chi connectivity index (χ0) is 14.4. The number of nitrogens with one attached hydrogen (secondary N) is 1. The van der Waals surface area contributed by atoms with Crippen LogP contribution in [0.1, 0.15) is 36.5 Å². The van der Waals surface area contributed by atoms with Gasteiger partial charge in [0, 0.05) is 32.4 Å². The number of carbonyl (C=O) groups excluding carboxylic acids is 1. The normalized spacial score (nSPS) is 16.2. The van der Waals surface area contributed by atoms with Crippen molar-refractivity contribution in [2.24, 2.45) is 5.92 Å². The number of pyridine rings is 1. The summed E-state index contributed by atoms with van der Waals surface area (Å²) in [6.07, 6.45) is 6.13. The maximum Gasteiger partial charge on any atom is 0.256 e. The first-order valence-electron chi connectivity index (χ1n) is 7.34. The number of aromatic nitrogens is 1. The van der Waals surface area contributed by atoms with Crippen LogP contribution >= 0.6 is 0 Å². The number of likely N-dealkylation sites (tertiary alicyclic amines) is 1. The third-order valence-corrected chi connectivity index (χ3v) is 3.78. The molecule has 2 rings (SSSR count). The molecule has 2 heterocycles. The van der Waals surface area contributed by atoms with Crippen LogP contribution in [0.15, 0.2) is 18.5 Å². The first-order valence-corrected chi connectivity index (χ1v) is 7.34. The van der Waals surface area contributed by atoms with E-state index in [1.54, 1.807) is 18.5 Å². The molecular weight excluding hydrogens is 254 g/mol. The monoisotopic (exact) mass is 277 g/mol. The number of piperidine rings is 1. The summed E-state index contributed by atoms with van der Waals surface area (Å²) in [5, 5.41) is 12.4. The van der Waals surface area contributed by atoms with Gasteiger partial charge in [-0.25, -0.2) is 0 Å². The molecule has 0 spiro atoms. The van der Waals surface area contributed by atoms with Crippen molar-refractivity contribution in [3.05, 3.63) is 24.0 Å². The predicted molar refractivity (Wildman–Crippen MR) is 78.7 cm³/mol. The van der Waals surface area contributed by atoms with E-state index in [9.17, 15) is 4.79 Å². The van der Waals surface area contributed by atoms with E-state index in [0.29, 0.717) is 11.5 Å². The Hall–Kier alpha value is -1.62. The summed E-state index contributed by atoms with van der Waals surface area (Å²) < 4.78 is 0. The third-order valence-electron chi connectivity index (χ3n) is 3.78. The number of hydrogen-bond acceptors (Lipinski definition) is 4. The average molecular weight is 277 g/mol. The van der Waals surface area contributed by atoms with Gasteiger partial charge in [-0.15, -0.1) is 0 Å². The van der Waals surface area contributed by atoms with Crippen molar-refractivity contribution in [2.75, 3.05) is 31.6 Å². The number of carbonyl (C=O) groups is 1. The molecule has 2 N–H and O–H groups in total. The lowest BCUT2D eigenvalue weighted by Crippen LogP contribution is -2.39. The van der Waals surface area contributed by atoms with Gasteiger partial charge in [-0.3, -0.25) is 9.78 Å². The van der Waals surface area contributed by atoms with E-state index in [1.807, 2.05) is 4.90 Å². The number of nitrogens with zero attached hydrogens (tertiary/aromatic N) is 2. The van der Waals surface area contributed by atoms with Gasteiger partial charge < -0.3 is 15.3 Å². The lowest BCUT2D eigenvalue weighted by Gasteiger charge is -2.31. The summed E-state index contributed by atoms with van der Waals surface area (Å²) >= 11 is 0. The lowest BCUT2D eigenvalue weighted by molar-refractivity contribution is 0.0651. The summed E-state index contributed by atoms with van der Waals surface area (Å²) in [4.78, 5) is 18.5. The molecule has 20 heavy (non-hydrogen) atoms. The molecule has 1 fully saturated rings. The van der Waals surface area contributed by atoms with Gasteiger partial charge >= 0.3 is 0 Å². The highest BCUT2D eigenvalue weighted by molar-refractivity contribution is 5.99. The van der Waals surface area contributed by atoms with Crippen LogP contribution in [0.3, 0.4) is 0 Å². The molecule has 1 aromatic heterocycles. The smallest absolute Gasteiger partial charge is 0.256 e. The molecule has 1 aromatic rings. The van der Waals surface area contributed by atoms with E-state index in [4.69, 9.17) is 5.11 Å². The van der Waals surface area contributed by atoms with Gasteiger partial charge in [-0.1, -0.05) is 6.92 Å². The molecule has 0 unspecified atom stereocenters. The summed E-state index contributed by atoms with van der Waals surface area (Å²) in [6.45, 7) is 4.59. The van der Waals surface area contributed by atoms with E-state index in [0.717, 1.165) is 44.6 Å². The molecule has 0 saturated carbocycles. The highest BCUT2D eigenvalue weighted by Crippen LogP contribution is 2.21. The predicted octanol–water partition coefficient (Wildman–Crippen LogP) is 1.75. The second-order valence-electron chi connectivity index (χ2n) is 5.27. The van der Waals surface area contributed by atoms with Gasteiger partial charge in [0.2, 0.25) is 0 Å². The van der Waals surface area contributed by atoms with Crippen molar-refractivity contribution in [1.29, 1.82) is 0 Å². The second kappa shape index (κ2) is 7.24. The Morgan fingerprint density at radius 2 is 2.25 bits per heavy atom. The number of hydrogen-bond donors (Lipinski definition) is 2. The Bertz CT molecular complexity index is 442. The molecule has 0 aromatic carbocycles. The second-order valence-corrected chi connectivity index (χ2v) is 5.27. The van der Waals surface area contributed by atoms with Crippen molar-refractivity contribution >= 4 is 11.6 Å². The van der Waals surface area contributed by atoms with Gasteiger partial charge in [0.05, 0.1) is 17.4 Å². The molecule has 0 radical (unpaired) electrons. The average Bonchev–Trinajstić information content (AvgIpc) is 2.52. The first-order chi connectivity index (χ1) is 9.76. The van der Waals surface area contributed by atoms with E-state index in [1.165, 1.54) is 0 Å². The third kappa shape index (κ3) is 3.48. The largest absolute Gasteiger partial charge is 0.396 e. The van der Waals surface area contributed by atoms with Crippen molar-refractivity contribution in [3.63, 3.8) is 0 Å². The molecule has 110 valence electrons. The standard InChI is InChI=1S/C15H23N3O2/c1-2-6-17-14-10-16-7-3-13(14)15(20)18-8-4-12(11-19)5-9-18/h3,7,10,12,17,19H,2,4-6,8-9,11H2,1H3. The summed E-state index contributed by atoms with van der Waals surface area (Å²) in [7, 11) is 0. The number of amides is 1. The Balaban J connectivity index is 2.05. The Kier molecular flexibility index (Phi) is 5.35. The molecule has 1 amide bonds. The molecule has 1 saturated heterocycles. The van der Waals surface area contributed by atoms with Gasteiger partial charge in [-0.05, 0) is 31.2 Å². The van der Waals surface area contributed by atoms with Crippen molar-refractivity contribution in [3.8, 4) is 0 Å². The zero-order valence-electron chi connectivity index (χ0n) is 12.0. The maximum absolute atomic E-state index is 12.6. The minimum atomic E-state index is 0.0578. The summed E-state index contributed by atoms with van der Waals surface area (Å²) in [5.41, 5.74) is 1.50. The van der Waals surface area contributed by atoms with Gasteiger partial charge in [-0.2, -0.15) is 0 Å². The minimum absolute atomic E-state index is 0.0578. The van der Waals surface area contributed by atoms with Crippen LogP contribution in [0.5, 0.6) is 0 Å². The molecule has 0 atom stereocenters. The maximum atomic E-state index is 12.6. The number of aliphatic hydroxyl groups excluding tert-OH is 1. The molecule has 0 aliphatic carbocycles. The van der Waals surface area contributed by atoms with Crippen molar-refractivity contribution < 1.29 is 9.90 Å². The molecule has 5 nitrogen and oxygen atoms in total. The number of rotatable bonds is 5. The van der Waals surface area contributed by atoms with E-state index in [2.05, 4.69) is 17.2 Å². The molecule has 5 heteroatoms. The van der Waals surface area contributed by atoms with E-state index < -0.39 is 0 Å². The summed E-state index contributed by atoms with van der Waals surface area (Å²) in [6, 6.07) is 1.78. The van der Waals surface area contributed by atoms with Crippen LogP contribution in [0.4, 0.5) is 5.69 Å². The lowest BCUT2D eigenvalue weighted by atomic mass is 9.97. The van der Waals surface area contributed by atoms with Crippen LogP contribution in [0.2, 0.25) is 0 Å². The van der Waals surface area contributed by atoms with E-state index in [-0.39, 0.29) is 12.5 Å². The van der Waals surface area contributed by atoms with Crippen LogP contribution in [0.25, 0.3) is 0 Å². The molecule has 1 aliphatic heterocycles. The number of anilines is 1. The van der Waals surface area contributed by atoms with Crippen LogP contribution in [-0.4, -0.2) is 47.1 Å². The Morgan fingerprint density at radius 3 is 2.90 bits per heavy atom. The van der Waals surface area contributed by atoms with E-state index >= 15 is 0 Å². The SMILES string of the molecule is CCCNc1cnccc1C(=O)N1CCC(CO)CC1. The Morgan fingerprint density at radius 1 is 1.50 bits per heavy atom. The highest BCUT2D eigenvalue weighted by Gasteiger charge is 2.24. The van der Waals surface area contributed by atoms with Gasteiger partial charge in [0.1, 0.15) is 0 Å². The molecular formula is C15H23N3O2. The quantitative estimate of drug-likeness (QED) is 0.860. The van der Waals surface area contributed by atoms with Gasteiger partial charge in [0.25, 0.3) is 5.91 Å². The topological polar surface area (TPSA) is 65.5 Å². The Labute approximate surface area is 120 Å². The zero-order valence-corrected chi connectivity index (χ0v) is 12.0. The van der Waals surface area contributed by atoms with Crippen LogP contribution < -0.4 is 5.32 Å². The summed E-state index contributed by atoms with van der Waals surface area (Å²) in [5.74, 6) is 0.400. The first kappa shape index (κ1) is 14.8. The fourth-order valence-electron chi connectivity index (χ4n) is 2.47. The van der Waals surface area contributed by atoms with Gasteiger partial charge in [0.15, 0.2) is 0 Å². The molecule has 0 bridgehead atoms. The number of aliphatic hydroxyl groups is 1. The van der Waals surface area contributed by atoms with Crippen LogP contribution in [-0.2, 0) is 0 Å². The fraction of sp³-hybridized carbons (Fsp3) is 0.600. The van der Waals surface area contributed by atoms with Crippen molar-refractivity contribution in [2.45, 2.75) is 26.2 Å². The van der Waals surface area contributed by atoms with Crippen molar-refractivity contribution in [1.82, 2.24) is 9.88 Å². The molecule has 1 aliphatic rings. The highest BCUT2D eigenvalue weighted by atomic mass is 16.3. The van der Waals surface area contributed by atoms with Crippen LogP contribution in [0, 0.1) is 5.92 Å². The minimum Gasteiger partial charge on any atom is -0.396 e.